The van der Waals surface area contributed by atoms with Crippen molar-refractivity contribution < 1.29 is 40.7 Å². The molecule has 0 bridgehead atoms. The third-order valence-corrected chi connectivity index (χ3v) is 5.42. The molecular weight excluding hydrogens is 389 g/mol. The van der Waals surface area contributed by atoms with Crippen LogP contribution in [-0.2, 0) is 19.0 Å². The van der Waals surface area contributed by atoms with Crippen molar-refractivity contribution in [1.29, 1.82) is 0 Å². The molecule has 0 saturated carbocycles. The smallest absolute Gasteiger partial charge is 0.396 e. The van der Waals surface area contributed by atoms with E-state index >= 15 is 0 Å². The molecule has 2 N–H and O–H groups in total. The summed E-state index contributed by atoms with van der Waals surface area (Å²) in [5.74, 6) is -1.36. The first-order valence-corrected chi connectivity index (χ1v) is 10.1. The topological polar surface area (TPSA) is 93.1 Å². The molecule has 1 heterocycles. The minimum Gasteiger partial charge on any atom is -0.396 e. The standard InChI is InChI=1S/C17H27F3O6S/c1-11(13(3)26-27(23,24)17(18,19)20)9-14(22)6-7-16-12(2)10-15(25-16)5-4-8-21/h11,14-16,21-22H,2-10H2,1H3/t11?,14?,15?,16-/m0/s1. The van der Waals surface area contributed by atoms with Gasteiger partial charge in [-0.25, -0.2) is 0 Å². The first-order valence-electron chi connectivity index (χ1n) is 8.69. The van der Waals surface area contributed by atoms with Crippen LogP contribution >= 0.6 is 0 Å². The third-order valence-electron chi connectivity index (χ3n) is 4.42. The number of rotatable bonds is 11. The van der Waals surface area contributed by atoms with Crippen LogP contribution in [0, 0.1) is 5.92 Å². The maximum absolute atomic E-state index is 12.3. The van der Waals surface area contributed by atoms with Gasteiger partial charge in [-0.15, -0.1) is 0 Å². The molecular formula is C17H27F3O6S. The second kappa shape index (κ2) is 9.90. The van der Waals surface area contributed by atoms with Crippen molar-refractivity contribution >= 4 is 10.1 Å². The van der Waals surface area contributed by atoms with Gasteiger partial charge in [0.25, 0.3) is 0 Å². The third kappa shape index (κ3) is 7.44. The van der Waals surface area contributed by atoms with E-state index in [1.54, 1.807) is 0 Å². The molecule has 158 valence electrons. The molecule has 0 radical (unpaired) electrons. The SMILES string of the molecule is C=C(OS(=O)(=O)C(F)(F)F)C(C)CC(O)CC[C@@H]1OC(CCCO)CC1=C. The van der Waals surface area contributed by atoms with Crippen LogP contribution in [0.15, 0.2) is 24.5 Å². The Kier molecular flexibility index (Phi) is 8.78. The molecule has 1 rings (SSSR count). The van der Waals surface area contributed by atoms with Crippen LogP contribution in [0.1, 0.15) is 45.4 Å². The summed E-state index contributed by atoms with van der Waals surface area (Å²) in [5, 5.41) is 18.9. The number of alkyl halides is 3. The second-order valence-corrected chi connectivity index (χ2v) is 8.33. The second-order valence-electron chi connectivity index (χ2n) is 6.79. The highest BCUT2D eigenvalue weighted by atomic mass is 32.2. The van der Waals surface area contributed by atoms with Gasteiger partial charge in [-0.1, -0.05) is 20.1 Å². The van der Waals surface area contributed by atoms with E-state index < -0.39 is 33.4 Å². The van der Waals surface area contributed by atoms with Crippen molar-refractivity contribution in [2.45, 2.75) is 69.3 Å². The van der Waals surface area contributed by atoms with Crippen LogP contribution in [0.25, 0.3) is 0 Å². The molecule has 0 aromatic carbocycles. The monoisotopic (exact) mass is 416 g/mol. The largest absolute Gasteiger partial charge is 0.534 e. The lowest BCUT2D eigenvalue weighted by Crippen LogP contribution is -2.27. The minimum atomic E-state index is -5.75. The maximum Gasteiger partial charge on any atom is 0.534 e. The summed E-state index contributed by atoms with van der Waals surface area (Å²) < 4.78 is 68.7. The number of hydrogen-bond acceptors (Lipinski definition) is 6. The number of aliphatic hydroxyl groups excluding tert-OH is 2. The van der Waals surface area contributed by atoms with Crippen molar-refractivity contribution in [2.75, 3.05) is 6.61 Å². The summed E-state index contributed by atoms with van der Waals surface area (Å²) in [6.07, 6.45) is 1.72. The average Bonchev–Trinajstić information content (AvgIpc) is 2.89. The van der Waals surface area contributed by atoms with Gasteiger partial charge >= 0.3 is 15.6 Å². The fourth-order valence-electron chi connectivity index (χ4n) is 2.83. The fourth-order valence-corrected chi connectivity index (χ4v) is 3.37. The van der Waals surface area contributed by atoms with Crippen molar-refractivity contribution in [3.05, 3.63) is 24.5 Å². The predicted molar refractivity (Wildman–Crippen MR) is 93.0 cm³/mol. The van der Waals surface area contributed by atoms with Gasteiger partial charge in [-0.2, -0.15) is 21.6 Å². The van der Waals surface area contributed by atoms with Crippen molar-refractivity contribution in [3.8, 4) is 0 Å². The molecule has 0 aromatic heterocycles. The lowest BCUT2D eigenvalue weighted by molar-refractivity contribution is -0.0527. The Bertz CT molecular complexity index is 617. The Labute approximate surface area is 157 Å². The van der Waals surface area contributed by atoms with Crippen LogP contribution in [0.4, 0.5) is 13.2 Å². The molecule has 0 aliphatic carbocycles. The number of halogens is 3. The van der Waals surface area contributed by atoms with E-state index in [2.05, 4.69) is 17.3 Å². The molecule has 1 saturated heterocycles. The Balaban J connectivity index is 2.42. The Hall–Kier alpha value is -1.10. The van der Waals surface area contributed by atoms with Gasteiger partial charge in [0, 0.05) is 12.5 Å². The highest BCUT2D eigenvalue weighted by Crippen LogP contribution is 2.32. The van der Waals surface area contributed by atoms with Gasteiger partial charge in [-0.3, -0.25) is 0 Å². The fraction of sp³-hybridized carbons (Fsp3) is 0.765. The Morgan fingerprint density at radius 1 is 1.41 bits per heavy atom. The molecule has 1 aliphatic rings. The van der Waals surface area contributed by atoms with Gasteiger partial charge in [0.15, 0.2) is 0 Å². The van der Waals surface area contributed by atoms with Gasteiger partial charge in [0.1, 0.15) is 5.76 Å². The zero-order chi connectivity index (χ0) is 20.8. The molecule has 3 unspecified atom stereocenters. The van der Waals surface area contributed by atoms with Crippen molar-refractivity contribution in [3.63, 3.8) is 0 Å². The van der Waals surface area contributed by atoms with Crippen LogP contribution in [-0.4, -0.2) is 49.1 Å². The van der Waals surface area contributed by atoms with E-state index in [1.807, 2.05) is 0 Å². The van der Waals surface area contributed by atoms with E-state index in [-0.39, 0.29) is 25.2 Å². The van der Waals surface area contributed by atoms with E-state index in [0.29, 0.717) is 25.7 Å². The average molecular weight is 416 g/mol. The summed E-state index contributed by atoms with van der Waals surface area (Å²) >= 11 is 0. The summed E-state index contributed by atoms with van der Waals surface area (Å²) in [6, 6.07) is 0. The summed E-state index contributed by atoms with van der Waals surface area (Å²) in [7, 11) is -5.75. The minimum absolute atomic E-state index is 0.000647. The number of allylic oxidation sites excluding steroid dienone is 1. The highest BCUT2D eigenvalue weighted by molar-refractivity contribution is 7.87. The van der Waals surface area contributed by atoms with Gasteiger partial charge in [0.05, 0.1) is 18.3 Å². The molecule has 0 spiro atoms. The van der Waals surface area contributed by atoms with E-state index in [0.717, 1.165) is 12.0 Å². The molecule has 10 heteroatoms. The Morgan fingerprint density at radius 3 is 2.59 bits per heavy atom. The molecule has 1 aliphatic heterocycles. The van der Waals surface area contributed by atoms with Gasteiger partial charge in [-0.05, 0) is 44.1 Å². The van der Waals surface area contributed by atoms with Crippen LogP contribution in [0.3, 0.4) is 0 Å². The summed E-state index contributed by atoms with van der Waals surface area (Å²) in [6.45, 7) is 8.68. The molecule has 27 heavy (non-hydrogen) atoms. The first kappa shape index (κ1) is 23.9. The quantitative estimate of drug-likeness (QED) is 0.233. The lowest BCUT2D eigenvalue weighted by Gasteiger charge is -2.20. The van der Waals surface area contributed by atoms with Gasteiger partial charge in [0.2, 0.25) is 0 Å². The molecule has 0 aromatic rings. The van der Waals surface area contributed by atoms with Crippen molar-refractivity contribution in [2.24, 2.45) is 5.92 Å². The van der Waals surface area contributed by atoms with Crippen LogP contribution in [0.5, 0.6) is 0 Å². The Morgan fingerprint density at radius 2 is 2.04 bits per heavy atom. The van der Waals surface area contributed by atoms with Gasteiger partial charge < -0.3 is 19.1 Å². The normalized spacial score (nSPS) is 23.3. The predicted octanol–water partition coefficient (Wildman–Crippen LogP) is 3.02. The van der Waals surface area contributed by atoms with E-state index in [1.165, 1.54) is 6.92 Å². The summed E-state index contributed by atoms with van der Waals surface area (Å²) in [5.41, 5.74) is -4.62. The zero-order valence-corrected chi connectivity index (χ0v) is 16.1. The van der Waals surface area contributed by atoms with E-state index in [9.17, 15) is 26.7 Å². The molecule has 6 nitrogen and oxygen atoms in total. The maximum atomic E-state index is 12.3. The number of aliphatic hydroxyl groups is 2. The molecule has 1 fully saturated rings. The number of ether oxygens (including phenoxy) is 1. The van der Waals surface area contributed by atoms with Crippen molar-refractivity contribution in [1.82, 2.24) is 0 Å². The molecule has 4 atom stereocenters. The summed E-state index contributed by atoms with van der Waals surface area (Å²) in [4.78, 5) is 0. The number of hydrogen-bond donors (Lipinski definition) is 2. The van der Waals surface area contributed by atoms with E-state index in [4.69, 9.17) is 9.84 Å². The van der Waals surface area contributed by atoms with Crippen LogP contribution < -0.4 is 0 Å². The zero-order valence-electron chi connectivity index (χ0n) is 15.2. The van der Waals surface area contributed by atoms with Crippen LogP contribution in [0.2, 0.25) is 0 Å². The first-order chi connectivity index (χ1) is 12.4. The lowest BCUT2D eigenvalue weighted by atomic mass is 9.96. The molecule has 0 amide bonds. The highest BCUT2D eigenvalue weighted by Gasteiger charge is 2.49.